The molecule has 2 aromatic heterocycles. The van der Waals surface area contributed by atoms with Crippen molar-refractivity contribution in [2.24, 2.45) is 5.92 Å². The van der Waals surface area contributed by atoms with Gasteiger partial charge in [0.1, 0.15) is 11.4 Å². The highest BCUT2D eigenvalue weighted by Crippen LogP contribution is 2.30. The normalized spacial score (nSPS) is 14.4. The number of aromatic nitrogens is 4. The van der Waals surface area contributed by atoms with Crippen LogP contribution in [0.3, 0.4) is 0 Å². The Kier molecular flexibility index (Phi) is 6.21. The summed E-state index contributed by atoms with van der Waals surface area (Å²) >= 11 is 5.13. The number of hydrogen-bond donors (Lipinski definition) is 1. The second-order valence-electron chi connectivity index (χ2n) is 5.30. The van der Waals surface area contributed by atoms with Crippen molar-refractivity contribution in [1.29, 1.82) is 0 Å². The molecule has 0 unspecified atom stereocenters. The zero-order valence-electron chi connectivity index (χ0n) is 12.9. The van der Waals surface area contributed by atoms with Crippen LogP contribution >= 0.6 is 11.6 Å². The summed E-state index contributed by atoms with van der Waals surface area (Å²) in [5.74, 6) is 0.625. The minimum Gasteiger partial charge on any atom is -0.354 e. The van der Waals surface area contributed by atoms with E-state index in [0.717, 1.165) is 37.4 Å². The van der Waals surface area contributed by atoms with Crippen LogP contribution in [0.2, 0.25) is 5.28 Å². The number of alkyl halides is 6. The lowest BCUT2D eigenvalue weighted by molar-refractivity contribution is -0.142. The fourth-order valence-electron chi connectivity index (χ4n) is 1.65. The lowest BCUT2D eigenvalue weighted by Gasteiger charge is -2.07. The summed E-state index contributed by atoms with van der Waals surface area (Å²) in [5.41, 5.74) is -1.94. The van der Waals surface area contributed by atoms with E-state index in [1.165, 1.54) is 0 Å². The van der Waals surface area contributed by atoms with E-state index in [1.807, 2.05) is 0 Å². The molecule has 1 saturated carbocycles. The molecule has 1 N–H and O–H groups in total. The fourth-order valence-corrected chi connectivity index (χ4v) is 1.80. The van der Waals surface area contributed by atoms with Gasteiger partial charge < -0.3 is 5.32 Å². The summed E-state index contributed by atoms with van der Waals surface area (Å²) < 4.78 is 72.2. The summed E-state index contributed by atoms with van der Waals surface area (Å²) in [5, 5.41) is 2.39. The quantitative estimate of drug-likeness (QED) is 0.609. The van der Waals surface area contributed by atoms with Crippen molar-refractivity contribution in [3.63, 3.8) is 0 Å². The van der Waals surface area contributed by atoms with Crippen molar-refractivity contribution in [3.05, 3.63) is 41.2 Å². The number of hydrogen-bond acceptors (Lipinski definition) is 5. The maximum Gasteiger partial charge on any atom is 0.433 e. The second kappa shape index (κ2) is 8.02. The van der Waals surface area contributed by atoms with Gasteiger partial charge in [0.05, 0.1) is 0 Å². The van der Waals surface area contributed by atoms with Crippen LogP contribution in [0.25, 0.3) is 0 Å². The smallest absolute Gasteiger partial charge is 0.354 e. The first-order valence-electron chi connectivity index (χ1n) is 7.25. The summed E-state index contributed by atoms with van der Waals surface area (Å²) in [6, 6.07) is 1.62. The molecule has 1 aliphatic carbocycles. The SMILES string of the molecule is FC(F)(F)c1ccnc(Cl)n1.FC(F)(F)c1ccnc(NCC2CC2)n1. The average molecular weight is 400 g/mol. The highest BCUT2D eigenvalue weighted by Gasteiger charge is 2.33. The molecule has 26 heavy (non-hydrogen) atoms. The number of halogens is 7. The molecule has 1 aliphatic rings. The number of nitrogens with one attached hydrogen (secondary N) is 1. The molecule has 12 heteroatoms. The van der Waals surface area contributed by atoms with E-state index in [9.17, 15) is 26.3 Å². The number of anilines is 1. The monoisotopic (exact) mass is 399 g/mol. The van der Waals surface area contributed by atoms with Gasteiger partial charge in [0.25, 0.3) is 0 Å². The van der Waals surface area contributed by atoms with E-state index in [-0.39, 0.29) is 5.95 Å². The topological polar surface area (TPSA) is 63.6 Å². The fraction of sp³-hybridized carbons (Fsp3) is 0.429. The Bertz CT molecular complexity index is 732. The molecule has 0 spiro atoms. The molecule has 2 heterocycles. The summed E-state index contributed by atoms with van der Waals surface area (Å²) in [6.07, 6.45) is -4.52. The Hall–Kier alpha value is -2.17. The first-order valence-corrected chi connectivity index (χ1v) is 7.63. The molecular formula is C14H12ClF6N5. The van der Waals surface area contributed by atoms with E-state index in [4.69, 9.17) is 11.6 Å². The minimum atomic E-state index is -4.45. The Balaban J connectivity index is 0.000000197. The van der Waals surface area contributed by atoms with Crippen LogP contribution < -0.4 is 5.32 Å². The molecule has 2 aromatic rings. The first-order chi connectivity index (χ1) is 12.1. The molecule has 0 saturated heterocycles. The zero-order chi connectivity index (χ0) is 19.4. The van der Waals surface area contributed by atoms with E-state index < -0.39 is 29.0 Å². The van der Waals surface area contributed by atoms with E-state index in [2.05, 4.69) is 25.3 Å². The third-order valence-corrected chi connectivity index (χ3v) is 3.29. The van der Waals surface area contributed by atoms with E-state index in [0.29, 0.717) is 12.5 Å². The van der Waals surface area contributed by atoms with Gasteiger partial charge in [0, 0.05) is 18.9 Å². The Morgan fingerprint density at radius 1 is 0.923 bits per heavy atom. The van der Waals surface area contributed by atoms with Gasteiger partial charge in [0.15, 0.2) is 0 Å². The Morgan fingerprint density at radius 2 is 1.46 bits per heavy atom. The summed E-state index contributed by atoms with van der Waals surface area (Å²) in [6.45, 7) is 0.654. The lowest BCUT2D eigenvalue weighted by atomic mass is 10.4. The van der Waals surface area contributed by atoms with Gasteiger partial charge in [0.2, 0.25) is 11.2 Å². The Labute approximate surface area is 148 Å². The van der Waals surface area contributed by atoms with Crippen LogP contribution in [0.5, 0.6) is 0 Å². The minimum absolute atomic E-state index is 0.0525. The summed E-state index contributed by atoms with van der Waals surface area (Å²) in [4.78, 5) is 13.4. The Morgan fingerprint density at radius 3 is 1.92 bits per heavy atom. The van der Waals surface area contributed by atoms with Crippen LogP contribution in [0, 0.1) is 5.92 Å². The molecular weight excluding hydrogens is 388 g/mol. The van der Waals surface area contributed by atoms with E-state index >= 15 is 0 Å². The van der Waals surface area contributed by atoms with Crippen molar-refractivity contribution in [1.82, 2.24) is 19.9 Å². The highest BCUT2D eigenvalue weighted by atomic mass is 35.5. The van der Waals surface area contributed by atoms with Crippen LogP contribution in [-0.2, 0) is 12.4 Å². The van der Waals surface area contributed by atoms with Crippen molar-refractivity contribution in [3.8, 4) is 0 Å². The molecule has 0 radical (unpaired) electrons. The predicted molar refractivity (Wildman–Crippen MR) is 80.3 cm³/mol. The molecule has 0 bridgehead atoms. The largest absolute Gasteiger partial charge is 0.433 e. The maximum absolute atomic E-state index is 12.3. The second-order valence-corrected chi connectivity index (χ2v) is 5.63. The van der Waals surface area contributed by atoms with Gasteiger partial charge >= 0.3 is 12.4 Å². The van der Waals surface area contributed by atoms with Crippen LogP contribution in [-0.4, -0.2) is 26.5 Å². The van der Waals surface area contributed by atoms with Gasteiger partial charge in [-0.1, -0.05) is 0 Å². The number of nitrogens with zero attached hydrogens (tertiary/aromatic N) is 4. The van der Waals surface area contributed by atoms with Crippen molar-refractivity contribution in [2.75, 3.05) is 11.9 Å². The maximum atomic E-state index is 12.3. The van der Waals surface area contributed by atoms with Gasteiger partial charge in [-0.3, -0.25) is 0 Å². The van der Waals surface area contributed by atoms with Gasteiger partial charge in [-0.15, -0.1) is 0 Å². The molecule has 0 amide bonds. The summed E-state index contributed by atoms with van der Waals surface area (Å²) in [7, 11) is 0. The third kappa shape index (κ3) is 6.62. The first kappa shape index (κ1) is 20.1. The predicted octanol–water partition coefficient (Wildman–Crippen LogP) is 4.47. The standard InChI is InChI=1S/C9H10F3N3.C5H2ClF3N2/c10-9(11,12)7-3-4-13-8(15-7)14-5-6-1-2-6;6-4-10-2-1-3(11-4)5(7,8)9/h3-4,6H,1-2,5H2,(H,13,14,15);1-2H. The zero-order valence-corrected chi connectivity index (χ0v) is 13.7. The van der Waals surface area contributed by atoms with Crippen LogP contribution in [0.4, 0.5) is 32.3 Å². The van der Waals surface area contributed by atoms with Crippen LogP contribution in [0.1, 0.15) is 24.2 Å². The average Bonchev–Trinajstić information content (AvgIpc) is 3.37. The highest BCUT2D eigenvalue weighted by molar-refractivity contribution is 6.28. The molecule has 3 rings (SSSR count). The van der Waals surface area contributed by atoms with E-state index in [1.54, 1.807) is 0 Å². The molecule has 0 aliphatic heterocycles. The lowest BCUT2D eigenvalue weighted by Crippen LogP contribution is -2.12. The van der Waals surface area contributed by atoms with Gasteiger partial charge in [-0.2, -0.15) is 26.3 Å². The van der Waals surface area contributed by atoms with Crippen LogP contribution in [0.15, 0.2) is 24.5 Å². The molecule has 0 aromatic carbocycles. The number of rotatable bonds is 3. The van der Waals surface area contributed by atoms with Gasteiger partial charge in [-0.05, 0) is 42.5 Å². The molecule has 0 atom stereocenters. The van der Waals surface area contributed by atoms with Crippen molar-refractivity contribution >= 4 is 17.5 Å². The van der Waals surface area contributed by atoms with Gasteiger partial charge in [-0.25, -0.2) is 19.9 Å². The molecule has 142 valence electrons. The van der Waals surface area contributed by atoms with Crippen molar-refractivity contribution in [2.45, 2.75) is 25.2 Å². The van der Waals surface area contributed by atoms with Crippen molar-refractivity contribution < 1.29 is 26.3 Å². The third-order valence-electron chi connectivity index (χ3n) is 3.11. The molecule has 5 nitrogen and oxygen atoms in total. The molecule has 1 fully saturated rings.